The molecule has 1 N–H and O–H groups in total. The maximum atomic E-state index is 13.1. The number of hydrogen-bond donors (Lipinski definition) is 1. The van der Waals surface area contributed by atoms with Gasteiger partial charge in [-0.3, -0.25) is 0 Å². The minimum Gasteiger partial charge on any atom is -0.356 e. The van der Waals surface area contributed by atoms with Crippen LogP contribution in [-0.4, -0.2) is 10.7 Å². The molecule has 0 aliphatic carbocycles. The van der Waals surface area contributed by atoms with Crippen LogP contribution in [0.4, 0.5) is 8.78 Å². The fourth-order valence-corrected chi connectivity index (χ4v) is 1.58. The van der Waals surface area contributed by atoms with Crippen molar-refractivity contribution in [2.75, 3.05) is 0 Å². The highest BCUT2D eigenvalue weighted by molar-refractivity contribution is 5.57. The number of halogens is 2. The SMILES string of the molecule is CC(C)(C)NCc1cc(-c2cc(F)cc(F)c2)on1. The third-order valence-electron chi connectivity index (χ3n) is 2.51. The normalized spacial score (nSPS) is 11.8. The van der Waals surface area contributed by atoms with Crippen molar-refractivity contribution >= 4 is 0 Å². The van der Waals surface area contributed by atoms with E-state index in [0.717, 1.165) is 6.07 Å². The molecule has 0 amide bonds. The van der Waals surface area contributed by atoms with Crippen LogP contribution >= 0.6 is 0 Å². The second-order valence-electron chi connectivity index (χ2n) is 5.44. The Morgan fingerprint density at radius 2 is 1.74 bits per heavy atom. The summed E-state index contributed by atoms with van der Waals surface area (Å²) in [5.41, 5.74) is 0.992. The standard InChI is InChI=1S/C14H16F2N2O/c1-14(2,3)17-8-12-7-13(19-18-12)9-4-10(15)6-11(16)5-9/h4-7,17H,8H2,1-3H3. The molecule has 5 heteroatoms. The second kappa shape index (κ2) is 5.09. The molecule has 0 saturated heterocycles. The van der Waals surface area contributed by atoms with Gasteiger partial charge < -0.3 is 9.84 Å². The van der Waals surface area contributed by atoms with E-state index in [1.807, 2.05) is 20.8 Å². The van der Waals surface area contributed by atoms with E-state index in [9.17, 15) is 8.78 Å². The molecule has 102 valence electrons. The highest BCUT2D eigenvalue weighted by Gasteiger charge is 2.12. The molecular weight excluding hydrogens is 250 g/mol. The van der Waals surface area contributed by atoms with E-state index in [-0.39, 0.29) is 5.54 Å². The molecule has 0 saturated carbocycles. The summed E-state index contributed by atoms with van der Waals surface area (Å²) in [4.78, 5) is 0. The van der Waals surface area contributed by atoms with Crippen LogP contribution in [0, 0.1) is 11.6 Å². The summed E-state index contributed by atoms with van der Waals surface area (Å²) in [5.74, 6) is -0.925. The summed E-state index contributed by atoms with van der Waals surface area (Å²) < 4.78 is 31.3. The zero-order chi connectivity index (χ0) is 14.0. The van der Waals surface area contributed by atoms with Crippen molar-refractivity contribution in [2.24, 2.45) is 0 Å². The third kappa shape index (κ3) is 3.86. The monoisotopic (exact) mass is 266 g/mol. The third-order valence-corrected chi connectivity index (χ3v) is 2.51. The van der Waals surface area contributed by atoms with Crippen molar-refractivity contribution < 1.29 is 13.3 Å². The van der Waals surface area contributed by atoms with Gasteiger partial charge in [0.1, 0.15) is 11.6 Å². The van der Waals surface area contributed by atoms with Gasteiger partial charge in [0.2, 0.25) is 0 Å². The van der Waals surface area contributed by atoms with E-state index in [2.05, 4.69) is 10.5 Å². The molecule has 0 aliphatic heterocycles. The van der Waals surface area contributed by atoms with E-state index < -0.39 is 11.6 Å². The van der Waals surface area contributed by atoms with Crippen molar-refractivity contribution in [1.82, 2.24) is 10.5 Å². The van der Waals surface area contributed by atoms with E-state index in [4.69, 9.17) is 4.52 Å². The summed E-state index contributed by atoms with van der Waals surface area (Å²) in [6, 6.07) is 4.92. The summed E-state index contributed by atoms with van der Waals surface area (Å²) in [5, 5.41) is 7.13. The van der Waals surface area contributed by atoms with Crippen LogP contribution in [0.3, 0.4) is 0 Å². The van der Waals surface area contributed by atoms with Gasteiger partial charge in [0.05, 0.1) is 5.69 Å². The Kier molecular flexibility index (Phi) is 3.66. The minimum atomic E-state index is -0.638. The van der Waals surface area contributed by atoms with Gasteiger partial charge in [-0.15, -0.1) is 0 Å². The van der Waals surface area contributed by atoms with Gasteiger partial charge in [-0.1, -0.05) is 5.16 Å². The number of benzene rings is 1. The van der Waals surface area contributed by atoms with Gasteiger partial charge in [-0.2, -0.15) is 0 Å². The second-order valence-corrected chi connectivity index (χ2v) is 5.44. The fraction of sp³-hybridized carbons (Fsp3) is 0.357. The lowest BCUT2D eigenvalue weighted by atomic mass is 10.1. The van der Waals surface area contributed by atoms with Gasteiger partial charge in [-0.05, 0) is 32.9 Å². The number of aromatic nitrogens is 1. The fourth-order valence-electron chi connectivity index (χ4n) is 1.58. The smallest absolute Gasteiger partial charge is 0.167 e. The lowest BCUT2D eigenvalue weighted by Gasteiger charge is -2.19. The largest absolute Gasteiger partial charge is 0.356 e. The van der Waals surface area contributed by atoms with Crippen LogP contribution in [0.25, 0.3) is 11.3 Å². The van der Waals surface area contributed by atoms with Crippen LogP contribution in [0.1, 0.15) is 26.5 Å². The molecule has 2 aromatic rings. The van der Waals surface area contributed by atoms with E-state index in [1.54, 1.807) is 6.07 Å². The van der Waals surface area contributed by atoms with Crippen molar-refractivity contribution in [3.63, 3.8) is 0 Å². The Hall–Kier alpha value is -1.75. The molecule has 0 radical (unpaired) electrons. The number of nitrogens with one attached hydrogen (secondary N) is 1. The van der Waals surface area contributed by atoms with Gasteiger partial charge >= 0.3 is 0 Å². The Labute approximate surface area is 110 Å². The van der Waals surface area contributed by atoms with Crippen molar-refractivity contribution in [3.05, 3.63) is 41.6 Å². The topological polar surface area (TPSA) is 38.1 Å². The molecule has 0 spiro atoms. The average molecular weight is 266 g/mol. The van der Waals surface area contributed by atoms with Gasteiger partial charge in [0, 0.05) is 29.8 Å². The molecule has 2 rings (SSSR count). The summed E-state index contributed by atoms with van der Waals surface area (Å²) in [6.07, 6.45) is 0. The molecule has 3 nitrogen and oxygen atoms in total. The zero-order valence-electron chi connectivity index (χ0n) is 11.1. The van der Waals surface area contributed by atoms with Gasteiger partial charge in [-0.25, -0.2) is 8.78 Å². The highest BCUT2D eigenvalue weighted by Crippen LogP contribution is 2.22. The zero-order valence-corrected chi connectivity index (χ0v) is 11.1. The number of nitrogens with zero attached hydrogens (tertiary/aromatic N) is 1. The molecule has 1 aromatic heterocycles. The Balaban J connectivity index is 2.16. The minimum absolute atomic E-state index is 0.0376. The van der Waals surface area contributed by atoms with Crippen LogP contribution in [0.15, 0.2) is 28.8 Å². The molecule has 0 aliphatic rings. The van der Waals surface area contributed by atoms with Gasteiger partial charge in [0.15, 0.2) is 5.76 Å². The molecule has 19 heavy (non-hydrogen) atoms. The molecule has 1 aromatic carbocycles. The van der Waals surface area contributed by atoms with Crippen LogP contribution < -0.4 is 5.32 Å². The predicted octanol–water partition coefficient (Wildman–Crippen LogP) is 3.51. The predicted molar refractivity (Wildman–Crippen MR) is 68.4 cm³/mol. The summed E-state index contributed by atoms with van der Waals surface area (Å²) in [7, 11) is 0. The lowest BCUT2D eigenvalue weighted by Crippen LogP contribution is -2.35. The number of hydrogen-bond acceptors (Lipinski definition) is 3. The first-order valence-corrected chi connectivity index (χ1v) is 6.00. The lowest BCUT2D eigenvalue weighted by molar-refractivity contribution is 0.392. The molecule has 1 heterocycles. The van der Waals surface area contributed by atoms with E-state index in [0.29, 0.717) is 23.6 Å². The highest BCUT2D eigenvalue weighted by atomic mass is 19.1. The molecular formula is C14H16F2N2O. The summed E-state index contributed by atoms with van der Waals surface area (Å²) in [6.45, 7) is 6.65. The first-order valence-electron chi connectivity index (χ1n) is 6.00. The molecule has 0 fully saturated rings. The van der Waals surface area contributed by atoms with Crippen LogP contribution in [0.5, 0.6) is 0 Å². The molecule has 0 atom stereocenters. The maximum absolute atomic E-state index is 13.1. The van der Waals surface area contributed by atoms with Gasteiger partial charge in [0.25, 0.3) is 0 Å². The van der Waals surface area contributed by atoms with Crippen molar-refractivity contribution in [1.29, 1.82) is 0 Å². The summed E-state index contributed by atoms with van der Waals surface area (Å²) >= 11 is 0. The Morgan fingerprint density at radius 1 is 1.11 bits per heavy atom. The van der Waals surface area contributed by atoms with Crippen LogP contribution in [-0.2, 0) is 6.54 Å². The molecule has 0 bridgehead atoms. The maximum Gasteiger partial charge on any atom is 0.167 e. The van der Waals surface area contributed by atoms with Crippen LogP contribution in [0.2, 0.25) is 0 Å². The van der Waals surface area contributed by atoms with E-state index in [1.165, 1.54) is 12.1 Å². The van der Waals surface area contributed by atoms with E-state index >= 15 is 0 Å². The Morgan fingerprint density at radius 3 is 2.32 bits per heavy atom. The van der Waals surface area contributed by atoms with Crippen molar-refractivity contribution in [3.8, 4) is 11.3 Å². The average Bonchev–Trinajstić information content (AvgIpc) is 2.72. The van der Waals surface area contributed by atoms with Crippen molar-refractivity contribution in [2.45, 2.75) is 32.9 Å². The first-order chi connectivity index (χ1) is 8.83. The number of rotatable bonds is 3. The molecule has 0 unspecified atom stereocenters. The first kappa shape index (κ1) is 13.7. The quantitative estimate of drug-likeness (QED) is 0.923. The Bertz CT molecular complexity index is 553.